The summed E-state index contributed by atoms with van der Waals surface area (Å²) in [5.74, 6) is -0.676. The van der Waals surface area contributed by atoms with Crippen LogP contribution in [0.3, 0.4) is 0 Å². The molecule has 0 spiro atoms. The van der Waals surface area contributed by atoms with Crippen LogP contribution in [0.2, 0.25) is 0 Å². The highest BCUT2D eigenvalue weighted by Gasteiger charge is 2.19. The van der Waals surface area contributed by atoms with Crippen molar-refractivity contribution in [1.82, 2.24) is 4.90 Å². The third-order valence-corrected chi connectivity index (χ3v) is 4.55. The monoisotopic (exact) mass is 278 g/mol. The van der Waals surface area contributed by atoms with Crippen molar-refractivity contribution in [2.24, 2.45) is 11.1 Å². The van der Waals surface area contributed by atoms with Gasteiger partial charge < -0.3 is 10.6 Å². The minimum atomic E-state index is -3.27. The number of carbonyl (C=O) groups is 1. The lowest BCUT2D eigenvalue weighted by Gasteiger charge is -2.21. The summed E-state index contributed by atoms with van der Waals surface area (Å²) in [6, 6.07) is 0. The summed E-state index contributed by atoms with van der Waals surface area (Å²) in [4.78, 5) is 12.6. The van der Waals surface area contributed by atoms with Crippen LogP contribution < -0.4 is 5.73 Å². The molecule has 0 radical (unpaired) electrons. The molecule has 0 aromatic rings. The van der Waals surface area contributed by atoms with Gasteiger partial charge in [0.2, 0.25) is 5.91 Å². The number of nitrogens with two attached hydrogens (primary N) is 1. The van der Waals surface area contributed by atoms with Gasteiger partial charge in [-0.25, -0.2) is 8.42 Å². The van der Waals surface area contributed by atoms with E-state index >= 15 is 0 Å². The van der Waals surface area contributed by atoms with Crippen LogP contribution in [0.15, 0.2) is 0 Å². The van der Waals surface area contributed by atoms with E-state index in [0.29, 0.717) is 13.0 Å². The predicted molar refractivity (Wildman–Crippen MR) is 74.0 cm³/mol. The summed E-state index contributed by atoms with van der Waals surface area (Å²) in [6.45, 7) is 4.73. The van der Waals surface area contributed by atoms with Crippen molar-refractivity contribution in [3.8, 4) is 0 Å². The molecule has 0 fully saturated rings. The van der Waals surface area contributed by atoms with Crippen LogP contribution in [0.25, 0.3) is 0 Å². The van der Waals surface area contributed by atoms with Gasteiger partial charge in [0.05, 0.1) is 5.75 Å². The largest absolute Gasteiger partial charge is 0.348 e. The Bertz CT molecular complexity index is 362. The quantitative estimate of drug-likeness (QED) is 0.661. The highest BCUT2D eigenvalue weighted by atomic mass is 32.2. The molecule has 0 rings (SSSR count). The van der Waals surface area contributed by atoms with Crippen LogP contribution >= 0.6 is 0 Å². The highest BCUT2D eigenvalue weighted by molar-refractivity contribution is 7.92. The number of amides is 1. The SMILES string of the molecule is CN(C)C(=O)CS(=O)(=O)CCCCC(C)(C)CN. The molecular weight excluding hydrogens is 252 g/mol. The predicted octanol–water partition coefficient (Wildman–Crippen LogP) is 0.645. The van der Waals surface area contributed by atoms with Gasteiger partial charge in [-0.3, -0.25) is 4.79 Å². The number of unbranched alkanes of at least 4 members (excludes halogenated alkanes) is 1. The molecular formula is C12H26N2O3S. The van der Waals surface area contributed by atoms with Crippen LogP contribution in [0.1, 0.15) is 33.1 Å². The molecule has 6 heteroatoms. The Labute approximate surface area is 111 Å². The van der Waals surface area contributed by atoms with Gasteiger partial charge in [-0.15, -0.1) is 0 Å². The number of hydrogen-bond donors (Lipinski definition) is 1. The fourth-order valence-electron chi connectivity index (χ4n) is 1.42. The average molecular weight is 278 g/mol. The van der Waals surface area contributed by atoms with Crippen molar-refractivity contribution < 1.29 is 13.2 Å². The molecule has 0 unspecified atom stereocenters. The summed E-state index contributed by atoms with van der Waals surface area (Å²) in [7, 11) is -0.158. The number of nitrogens with zero attached hydrogens (tertiary/aromatic N) is 1. The van der Waals surface area contributed by atoms with E-state index in [1.54, 1.807) is 14.1 Å². The molecule has 0 aliphatic carbocycles. The number of rotatable bonds is 8. The van der Waals surface area contributed by atoms with Crippen molar-refractivity contribution in [2.75, 3.05) is 32.1 Å². The number of sulfone groups is 1. The van der Waals surface area contributed by atoms with Gasteiger partial charge >= 0.3 is 0 Å². The smallest absolute Gasteiger partial charge is 0.237 e. The maximum absolute atomic E-state index is 11.7. The molecule has 2 N–H and O–H groups in total. The molecule has 0 atom stereocenters. The third-order valence-electron chi connectivity index (χ3n) is 2.95. The first-order valence-electron chi connectivity index (χ1n) is 6.20. The van der Waals surface area contributed by atoms with E-state index in [0.717, 1.165) is 12.8 Å². The van der Waals surface area contributed by atoms with Gasteiger partial charge in [0, 0.05) is 14.1 Å². The van der Waals surface area contributed by atoms with Crippen LogP contribution in [0, 0.1) is 5.41 Å². The summed E-state index contributed by atoms with van der Waals surface area (Å²) < 4.78 is 23.3. The molecule has 18 heavy (non-hydrogen) atoms. The lowest BCUT2D eigenvalue weighted by Crippen LogP contribution is -2.30. The number of carbonyl (C=O) groups excluding carboxylic acids is 1. The lowest BCUT2D eigenvalue weighted by atomic mass is 9.88. The first-order chi connectivity index (χ1) is 8.09. The molecule has 0 aromatic carbocycles. The Balaban J connectivity index is 4.03. The van der Waals surface area contributed by atoms with Gasteiger partial charge in [-0.2, -0.15) is 0 Å². The van der Waals surface area contributed by atoms with Crippen molar-refractivity contribution in [3.63, 3.8) is 0 Å². The molecule has 0 heterocycles. The van der Waals surface area contributed by atoms with E-state index < -0.39 is 9.84 Å². The molecule has 0 aliphatic rings. The number of hydrogen-bond acceptors (Lipinski definition) is 4. The summed E-state index contributed by atoms with van der Waals surface area (Å²) in [6.07, 6.45) is 2.31. The maximum Gasteiger partial charge on any atom is 0.237 e. The van der Waals surface area contributed by atoms with Crippen LogP contribution in [0.5, 0.6) is 0 Å². The van der Waals surface area contributed by atoms with Gasteiger partial charge in [-0.05, 0) is 24.8 Å². The Morgan fingerprint density at radius 2 is 1.78 bits per heavy atom. The van der Waals surface area contributed by atoms with E-state index in [4.69, 9.17) is 5.73 Å². The minimum Gasteiger partial charge on any atom is -0.348 e. The molecule has 0 aliphatic heterocycles. The van der Waals surface area contributed by atoms with Crippen molar-refractivity contribution in [2.45, 2.75) is 33.1 Å². The minimum absolute atomic E-state index is 0.0587. The van der Waals surface area contributed by atoms with Crippen molar-refractivity contribution in [1.29, 1.82) is 0 Å². The first-order valence-corrected chi connectivity index (χ1v) is 8.02. The van der Waals surface area contributed by atoms with E-state index in [1.807, 2.05) is 0 Å². The highest BCUT2D eigenvalue weighted by Crippen LogP contribution is 2.21. The van der Waals surface area contributed by atoms with E-state index in [2.05, 4.69) is 13.8 Å². The second-order valence-electron chi connectivity index (χ2n) is 5.71. The zero-order valence-corrected chi connectivity index (χ0v) is 12.7. The first kappa shape index (κ1) is 17.4. The molecule has 0 saturated heterocycles. The molecule has 108 valence electrons. The molecule has 5 nitrogen and oxygen atoms in total. The van der Waals surface area contributed by atoms with E-state index in [-0.39, 0.29) is 22.8 Å². The Morgan fingerprint density at radius 3 is 2.22 bits per heavy atom. The molecule has 0 aromatic heterocycles. The van der Waals surface area contributed by atoms with Crippen molar-refractivity contribution >= 4 is 15.7 Å². The Kier molecular flexibility index (Phi) is 6.84. The fraction of sp³-hybridized carbons (Fsp3) is 0.917. The van der Waals surface area contributed by atoms with E-state index in [1.165, 1.54) is 4.90 Å². The second kappa shape index (κ2) is 7.09. The zero-order chi connectivity index (χ0) is 14.4. The van der Waals surface area contributed by atoms with Crippen LogP contribution in [-0.2, 0) is 14.6 Å². The maximum atomic E-state index is 11.7. The molecule has 1 amide bonds. The summed E-state index contributed by atoms with van der Waals surface area (Å²) >= 11 is 0. The topological polar surface area (TPSA) is 80.5 Å². The Hall–Kier alpha value is -0.620. The van der Waals surface area contributed by atoms with Gasteiger partial charge in [0.15, 0.2) is 9.84 Å². The van der Waals surface area contributed by atoms with Crippen LogP contribution in [0.4, 0.5) is 0 Å². The zero-order valence-electron chi connectivity index (χ0n) is 11.9. The van der Waals surface area contributed by atoms with Gasteiger partial charge in [-0.1, -0.05) is 20.3 Å². The van der Waals surface area contributed by atoms with Gasteiger partial charge in [0.1, 0.15) is 5.75 Å². The molecule has 0 bridgehead atoms. The fourth-order valence-corrected chi connectivity index (χ4v) is 2.84. The van der Waals surface area contributed by atoms with Crippen LogP contribution in [-0.4, -0.2) is 51.4 Å². The lowest BCUT2D eigenvalue weighted by molar-refractivity contribution is -0.125. The van der Waals surface area contributed by atoms with Gasteiger partial charge in [0.25, 0.3) is 0 Å². The normalized spacial score (nSPS) is 12.5. The second-order valence-corrected chi connectivity index (χ2v) is 7.89. The standard InChI is InChI=1S/C12H26N2O3S/c1-12(2,10-13)7-5-6-8-18(16,17)9-11(15)14(3)4/h5-10,13H2,1-4H3. The average Bonchev–Trinajstić information content (AvgIpc) is 2.24. The summed E-state index contributed by atoms with van der Waals surface area (Å²) in [5.41, 5.74) is 5.66. The third kappa shape index (κ3) is 7.66. The molecule has 0 saturated carbocycles. The van der Waals surface area contributed by atoms with Crippen molar-refractivity contribution in [3.05, 3.63) is 0 Å². The Morgan fingerprint density at radius 1 is 1.22 bits per heavy atom. The van der Waals surface area contributed by atoms with E-state index in [9.17, 15) is 13.2 Å². The summed E-state index contributed by atoms with van der Waals surface area (Å²) in [5, 5.41) is 0.